The molecule has 1 fully saturated rings. The van der Waals surface area contributed by atoms with Crippen LogP contribution in [-0.4, -0.2) is 30.4 Å². The molecule has 0 spiro atoms. The van der Waals surface area contributed by atoms with Crippen molar-refractivity contribution in [2.24, 2.45) is 0 Å². The van der Waals surface area contributed by atoms with Gasteiger partial charge in [0.25, 0.3) is 0 Å². The fourth-order valence-corrected chi connectivity index (χ4v) is 5.20. The average molecular weight is 311 g/mol. The number of hydrogen-bond donors (Lipinski definition) is 0. The Morgan fingerprint density at radius 3 is 2.62 bits per heavy atom. The standard InChI is InChI=1S/C16H26NO3P/c1-4-19-21(18,20-5-2)16-10-7-11-17(16)13-15-9-6-8-14(3)12-15/h6,8-9,12,16H,4-5,7,10-11,13H2,1-3H3. The van der Waals surface area contributed by atoms with Gasteiger partial charge in [-0.3, -0.25) is 9.46 Å². The second-order valence-corrected chi connectivity index (χ2v) is 7.65. The zero-order valence-electron chi connectivity index (χ0n) is 13.2. The molecule has 0 saturated carbocycles. The van der Waals surface area contributed by atoms with Crippen LogP contribution in [0.15, 0.2) is 24.3 Å². The van der Waals surface area contributed by atoms with Gasteiger partial charge in [-0.05, 0) is 45.7 Å². The summed E-state index contributed by atoms with van der Waals surface area (Å²) in [5.41, 5.74) is 2.50. The Bertz CT molecular complexity index is 496. The van der Waals surface area contributed by atoms with Crippen molar-refractivity contribution in [2.75, 3.05) is 19.8 Å². The molecule has 0 amide bonds. The number of nitrogens with zero attached hydrogens (tertiary/aromatic N) is 1. The minimum Gasteiger partial charge on any atom is -0.308 e. The third-order valence-electron chi connectivity index (χ3n) is 3.78. The second-order valence-electron chi connectivity index (χ2n) is 5.46. The van der Waals surface area contributed by atoms with Gasteiger partial charge in [0.2, 0.25) is 0 Å². The quantitative estimate of drug-likeness (QED) is 0.708. The molecule has 0 bridgehead atoms. The Balaban J connectivity index is 2.13. The fraction of sp³-hybridized carbons (Fsp3) is 0.625. The van der Waals surface area contributed by atoms with Crippen molar-refractivity contribution in [1.29, 1.82) is 0 Å². The molecule has 0 N–H and O–H groups in total. The topological polar surface area (TPSA) is 38.8 Å². The predicted molar refractivity (Wildman–Crippen MR) is 85.5 cm³/mol. The summed E-state index contributed by atoms with van der Waals surface area (Å²) in [6.45, 7) is 8.42. The Labute approximate surface area is 128 Å². The minimum absolute atomic E-state index is 0.113. The molecule has 4 nitrogen and oxygen atoms in total. The van der Waals surface area contributed by atoms with Gasteiger partial charge in [0, 0.05) is 6.54 Å². The predicted octanol–water partition coefficient (Wildman–Crippen LogP) is 4.18. The highest BCUT2D eigenvalue weighted by Crippen LogP contribution is 2.57. The van der Waals surface area contributed by atoms with Crippen molar-refractivity contribution < 1.29 is 13.6 Å². The van der Waals surface area contributed by atoms with Crippen LogP contribution in [0.1, 0.15) is 37.8 Å². The lowest BCUT2D eigenvalue weighted by atomic mass is 10.1. The first-order valence-electron chi connectivity index (χ1n) is 7.77. The van der Waals surface area contributed by atoms with Gasteiger partial charge in [-0.25, -0.2) is 0 Å². The molecule has 1 aromatic carbocycles. The van der Waals surface area contributed by atoms with Gasteiger partial charge in [0.05, 0.1) is 13.2 Å². The van der Waals surface area contributed by atoms with E-state index in [1.807, 2.05) is 13.8 Å². The summed E-state index contributed by atoms with van der Waals surface area (Å²) in [5.74, 6) is -0.113. The molecular weight excluding hydrogens is 285 g/mol. The van der Waals surface area contributed by atoms with Crippen LogP contribution in [-0.2, 0) is 20.2 Å². The highest BCUT2D eigenvalue weighted by Gasteiger charge is 2.42. The highest BCUT2D eigenvalue weighted by molar-refractivity contribution is 7.54. The monoisotopic (exact) mass is 311 g/mol. The molecule has 1 aromatic rings. The lowest BCUT2D eigenvalue weighted by Gasteiger charge is -2.30. The number of likely N-dealkylation sites (tertiary alicyclic amines) is 1. The van der Waals surface area contributed by atoms with Crippen LogP contribution < -0.4 is 0 Å². The van der Waals surface area contributed by atoms with Gasteiger partial charge in [-0.2, -0.15) is 0 Å². The summed E-state index contributed by atoms with van der Waals surface area (Å²) >= 11 is 0. The summed E-state index contributed by atoms with van der Waals surface area (Å²) in [7, 11) is -3.05. The van der Waals surface area contributed by atoms with Gasteiger partial charge in [0.15, 0.2) is 0 Å². The third kappa shape index (κ3) is 4.17. The van der Waals surface area contributed by atoms with Gasteiger partial charge < -0.3 is 9.05 Å². The summed E-state index contributed by atoms with van der Waals surface area (Å²) in [5, 5.41) is 0. The van der Waals surface area contributed by atoms with E-state index < -0.39 is 7.60 Å². The molecular formula is C16H26NO3P. The molecule has 0 aromatic heterocycles. The largest absolute Gasteiger partial charge is 0.347 e. The molecule has 1 aliphatic heterocycles. The van der Waals surface area contributed by atoms with E-state index in [4.69, 9.17) is 9.05 Å². The third-order valence-corrected chi connectivity index (χ3v) is 6.33. The maximum Gasteiger partial charge on any atom is 0.347 e. The van der Waals surface area contributed by atoms with E-state index in [2.05, 4.69) is 36.1 Å². The van der Waals surface area contributed by atoms with E-state index in [9.17, 15) is 4.57 Å². The van der Waals surface area contributed by atoms with E-state index in [0.29, 0.717) is 13.2 Å². The van der Waals surface area contributed by atoms with Crippen molar-refractivity contribution in [1.82, 2.24) is 4.90 Å². The van der Waals surface area contributed by atoms with Crippen LogP contribution >= 0.6 is 7.60 Å². The van der Waals surface area contributed by atoms with Crippen LogP contribution in [0.3, 0.4) is 0 Å². The zero-order chi connectivity index (χ0) is 15.3. The van der Waals surface area contributed by atoms with Gasteiger partial charge in [-0.15, -0.1) is 0 Å². The first-order valence-corrected chi connectivity index (χ1v) is 9.38. The highest BCUT2D eigenvalue weighted by atomic mass is 31.2. The Morgan fingerprint density at radius 1 is 1.29 bits per heavy atom. The zero-order valence-corrected chi connectivity index (χ0v) is 14.1. The molecule has 1 atom stereocenters. The molecule has 5 heteroatoms. The van der Waals surface area contributed by atoms with E-state index in [1.54, 1.807) is 0 Å². The molecule has 2 rings (SSSR count). The summed E-state index contributed by atoms with van der Waals surface area (Å²) in [6.07, 6.45) is 1.92. The number of rotatable bonds is 7. The van der Waals surface area contributed by atoms with Crippen LogP contribution in [0.2, 0.25) is 0 Å². The van der Waals surface area contributed by atoms with Crippen molar-refractivity contribution >= 4 is 7.60 Å². The van der Waals surface area contributed by atoms with Crippen LogP contribution in [0.5, 0.6) is 0 Å². The lowest BCUT2D eigenvalue weighted by molar-refractivity contribution is 0.179. The number of hydrogen-bond acceptors (Lipinski definition) is 4. The number of benzene rings is 1. The Morgan fingerprint density at radius 2 is 2.00 bits per heavy atom. The van der Waals surface area contributed by atoms with Gasteiger partial charge in [0.1, 0.15) is 5.78 Å². The van der Waals surface area contributed by atoms with E-state index in [1.165, 1.54) is 11.1 Å². The van der Waals surface area contributed by atoms with E-state index >= 15 is 0 Å². The van der Waals surface area contributed by atoms with Crippen molar-refractivity contribution in [3.8, 4) is 0 Å². The van der Waals surface area contributed by atoms with Crippen molar-refractivity contribution in [2.45, 2.75) is 45.9 Å². The first kappa shape index (κ1) is 16.7. The lowest BCUT2D eigenvalue weighted by Crippen LogP contribution is -2.30. The Hall–Kier alpha value is -0.670. The van der Waals surface area contributed by atoms with Crippen LogP contribution in [0.4, 0.5) is 0 Å². The maximum absolute atomic E-state index is 13.0. The average Bonchev–Trinajstić information content (AvgIpc) is 2.88. The molecule has 21 heavy (non-hydrogen) atoms. The molecule has 0 radical (unpaired) electrons. The van der Waals surface area contributed by atoms with Crippen LogP contribution in [0, 0.1) is 6.92 Å². The summed E-state index contributed by atoms with van der Waals surface area (Å²) in [6, 6.07) is 8.47. The van der Waals surface area contributed by atoms with E-state index in [0.717, 1.165) is 25.9 Å². The molecule has 1 heterocycles. The Kier molecular flexibility index (Phi) is 6.00. The van der Waals surface area contributed by atoms with Gasteiger partial charge in [-0.1, -0.05) is 29.8 Å². The summed E-state index contributed by atoms with van der Waals surface area (Å²) < 4.78 is 24.1. The second kappa shape index (κ2) is 7.55. The first-order chi connectivity index (χ1) is 10.1. The minimum atomic E-state index is -3.05. The van der Waals surface area contributed by atoms with Crippen molar-refractivity contribution in [3.05, 3.63) is 35.4 Å². The molecule has 1 aliphatic rings. The SMILES string of the molecule is CCOP(=O)(OCC)C1CCCN1Cc1cccc(C)c1. The number of aryl methyl sites for hydroxylation is 1. The van der Waals surface area contributed by atoms with Gasteiger partial charge >= 0.3 is 7.60 Å². The van der Waals surface area contributed by atoms with Crippen molar-refractivity contribution in [3.63, 3.8) is 0 Å². The van der Waals surface area contributed by atoms with E-state index in [-0.39, 0.29) is 5.78 Å². The molecule has 1 saturated heterocycles. The molecule has 0 aliphatic carbocycles. The maximum atomic E-state index is 13.0. The molecule has 118 valence electrons. The smallest absolute Gasteiger partial charge is 0.308 e. The van der Waals surface area contributed by atoms with Crippen LogP contribution in [0.25, 0.3) is 0 Å². The summed E-state index contributed by atoms with van der Waals surface area (Å²) in [4.78, 5) is 2.25. The normalized spacial score (nSPS) is 20.0. The fourth-order valence-electron chi connectivity index (χ4n) is 2.97. The molecule has 1 unspecified atom stereocenters.